The molecule has 0 aliphatic rings. The van der Waals surface area contributed by atoms with Gasteiger partial charge < -0.3 is 5.73 Å². The summed E-state index contributed by atoms with van der Waals surface area (Å²) in [6.45, 7) is 0. The molecule has 0 fully saturated rings. The molecule has 0 aliphatic heterocycles. The summed E-state index contributed by atoms with van der Waals surface area (Å²) in [5.41, 5.74) is 7.41. The van der Waals surface area contributed by atoms with Crippen molar-refractivity contribution in [2.75, 3.05) is 5.73 Å². The van der Waals surface area contributed by atoms with Crippen LogP contribution in [0.5, 0.6) is 0 Å². The third-order valence-corrected chi connectivity index (χ3v) is 3.26. The molecule has 2 N–H and O–H groups in total. The van der Waals surface area contributed by atoms with Crippen LogP contribution in [0.25, 0.3) is 0 Å². The van der Waals surface area contributed by atoms with E-state index in [4.69, 9.17) is 17.3 Å². The van der Waals surface area contributed by atoms with Crippen molar-refractivity contribution in [1.29, 1.82) is 0 Å². The normalized spacial score (nSPS) is 10.3. The Balaban J connectivity index is 2.08. The van der Waals surface area contributed by atoms with Gasteiger partial charge in [-0.25, -0.2) is 9.97 Å². The minimum absolute atomic E-state index is 0.716. The van der Waals surface area contributed by atoms with E-state index in [9.17, 15) is 0 Å². The van der Waals surface area contributed by atoms with Crippen LogP contribution in [-0.4, -0.2) is 9.97 Å². The van der Waals surface area contributed by atoms with Gasteiger partial charge in [0, 0.05) is 28.9 Å². The summed E-state index contributed by atoms with van der Waals surface area (Å²) in [7, 11) is 0. The molecule has 0 amide bonds. The Kier molecular flexibility index (Phi) is 3.64. The zero-order chi connectivity index (χ0) is 11.4. The molecule has 1 heterocycles. The van der Waals surface area contributed by atoms with Crippen LogP contribution in [0.15, 0.2) is 41.8 Å². The lowest BCUT2D eigenvalue weighted by Gasteiger charge is -2.04. The molecule has 0 saturated carbocycles. The van der Waals surface area contributed by atoms with E-state index in [-0.39, 0.29) is 0 Å². The highest BCUT2D eigenvalue weighted by Crippen LogP contribution is 2.25. The number of anilines is 1. The van der Waals surface area contributed by atoms with E-state index < -0.39 is 0 Å². The Morgan fingerprint density at radius 2 is 2.00 bits per heavy atom. The molecule has 0 bridgehead atoms. The number of aromatic nitrogens is 2. The maximum atomic E-state index is 6.05. The first-order valence-electron chi connectivity index (χ1n) is 4.69. The molecule has 0 atom stereocenters. The first-order chi connectivity index (χ1) is 7.75. The van der Waals surface area contributed by atoms with E-state index in [2.05, 4.69) is 9.97 Å². The van der Waals surface area contributed by atoms with E-state index in [1.54, 1.807) is 30.6 Å². The standard InChI is InChI=1S/C11H10ClN3S/c12-10-3-2-9(13)6-8(10)7-16-11-14-4-1-5-15-11/h1-6H,7,13H2. The number of benzene rings is 1. The third kappa shape index (κ3) is 2.87. The van der Waals surface area contributed by atoms with Gasteiger partial charge in [-0.05, 0) is 29.8 Å². The van der Waals surface area contributed by atoms with Crippen molar-refractivity contribution in [3.63, 3.8) is 0 Å². The van der Waals surface area contributed by atoms with Gasteiger partial charge in [-0.1, -0.05) is 23.4 Å². The van der Waals surface area contributed by atoms with Gasteiger partial charge in [-0.2, -0.15) is 0 Å². The quantitative estimate of drug-likeness (QED) is 0.518. The number of hydrogen-bond acceptors (Lipinski definition) is 4. The summed E-state index contributed by atoms with van der Waals surface area (Å²) in [6, 6.07) is 7.25. The molecule has 1 aromatic heterocycles. The van der Waals surface area contributed by atoms with Gasteiger partial charge in [0.2, 0.25) is 0 Å². The Morgan fingerprint density at radius 3 is 2.75 bits per heavy atom. The van der Waals surface area contributed by atoms with Crippen molar-refractivity contribution in [2.45, 2.75) is 10.9 Å². The average molecular weight is 252 g/mol. The van der Waals surface area contributed by atoms with Gasteiger partial charge in [-0.3, -0.25) is 0 Å². The minimum atomic E-state index is 0.716. The largest absolute Gasteiger partial charge is 0.399 e. The molecule has 1 aromatic carbocycles. The number of rotatable bonds is 3. The number of nitrogen functional groups attached to an aromatic ring is 1. The lowest BCUT2D eigenvalue weighted by molar-refractivity contribution is 0.966. The second-order valence-corrected chi connectivity index (χ2v) is 4.52. The number of halogens is 1. The predicted molar refractivity (Wildman–Crippen MR) is 67.5 cm³/mol. The molecular formula is C11H10ClN3S. The lowest BCUT2D eigenvalue weighted by Crippen LogP contribution is -1.90. The van der Waals surface area contributed by atoms with Crippen LogP contribution in [0.3, 0.4) is 0 Å². The van der Waals surface area contributed by atoms with Crippen LogP contribution < -0.4 is 5.73 Å². The van der Waals surface area contributed by atoms with Crippen LogP contribution in [-0.2, 0) is 5.75 Å². The van der Waals surface area contributed by atoms with Gasteiger partial charge in [0.05, 0.1) is 0 Å². The lowest BCUT2D eigenvalue weighted by atomic mass is 10.2. The van der Waals surface area contributed by atoms with Crippen molar-refractivity contribution in [3.05, 3.63) is 47.2 Å². The Hall–Kier alpha value is -1.26. The molecular weight excluding hydrogens is 242 g/mol. The second-order valence-electron chi connectivity index (χ2n) is 3.17. The Morgan fingerprint density at radius 1 is 1.25 bits per heavy atom. The maximum absolute atomic E-state index is 6.05. The topological polar surface area (TPSA) is 51.8 Å². The summed E-state index contributed by atoms with van der Waals surface area (Å²) >= 11 is 7.59. The monoisotopic (exact) mass is 251 g/mol. The highest BCUT2D eigenvalue weighted by atomic mass is 35.5. The van der Waals surface area contributed by atoms with E-state index in [1.807, 2.05) is 6.07 Å². The van der Waals surface area contributed by atoms with Crippen LogP contribution in [0.2, 0.25) is 5.02 Å². The van der Waals surface area contributed by atoms with Gasteiger partial charge in [0.25, 0.3) is 0 Å². The van der Waals surface area contributed by atoms with Gasteiger partial charge in [0.15, 0.2) is 5.16 Å². The summed E-state index contributed by atoms with van der Waals surface area (Å²) in [5, 5.41) is 1.46. The Bertz CT molecular complexity index is 476. The smallest absolute Gasteiger partial charge is 0.187 e. The zero-order valence-corrected chi connectivity index (χ0v) is 10.0. The minimum Gasteiger partial charge on any atom is -0.399 e. The highest BCUT2D eigenvalue weighted by Gasteiger charge is 2.03. The van der Waals surface area contributed by atoms with Crippen molar-refractivity contribution in [1.82, 2.24) is 9.97 Å². The molecule has 2 aromatic rings. The fraction of sp³-hybridized carbons (Fsp3) is 0.0909. The van der Waals surface area contributed by atoms with Gasteiger partial charge in [-0.15, -0.1) is 0 Å². The van der Waals surface area contributed by atoms with Crippen molar-refractivity contribution < 1.29 is 0 Å². The van der Waals surface area contributed by atoms with E-state index in [1.165, 1.54) is 11.8 Å². The predicted octanol–water partition coefficient (Wildman–Crippen LogP) is 3.00. The van der Waals surface area contributed by atoms with Crippen LogP contribution in [0.4, 0.5) is 5.69 Å². The van der Waals surface area contributed by atoms with Crippen LogP contribution in [0.1, 0.15) is 5.56 Å². The highest BCUT2D eigenvalue weighted by molar-refractivity contribution is 7.98. The third-order valence-electron chi connectivity index (χ3n) is 1.97. The summed E-state index contributed by atoms with van der Waals surface area (Å²) in [4.78, 5) is 8.25. The number of nitrogens with two attached hydrogens (primary N) is 1. The average Bonchev–Trinajstić information content (AvgIpc) is 2.32. The van der Waals surface area contributed by atoms with Crippen LogP contribution >= 0.6 is 23.4 Å². The number of thioether (sulfide) groups is 1. The van der Waals surface area contributed by atoms with Crippen LogP contribution in [0, 0.1) is 0 Å². The molecule has 0 saturated heterocycles. The molecule has 82 valence electrons. The molecule has 16 heavy (non-hydrogen) atoms. The fourth-order valence-electron chi connectivity index (χ4n) is 1.21. The number of hydrogen-bond donors (Lipinski definition) is 1. The second kappa shape index (κ2) is 5.18. The molecule has 5 heteroatoms. The number of nitrogens with zero attached hydrogens (tertiary/aromatic N) is 2. The first kappa shape index (κ1) is 11.2. The molecule has 0 unspecified atom stereocenters. The van der Waals surface area contributed by atoms with E-state index in [0.29, 0.717) is 11.4 Å². The zero-order valence-electron chi connectivity index (χ0n) is 8.43. The first-order valence-corrected chi connectivity index (χ1v) is 6.06. The van der Waals surface area contributed by atoms with Crippen molar-refractivity contribution >= 4 is 29.1 Å². The summed E-state index contributed by atoms with van der Waals surface area (Å²) in [6.07, 6.45) is 3.44. The summed E-state index contributed by atoms with van der Waals surface area (Å²) < 4.78 is 0. The maximum Gasteiger partial charge on any atom is 0.187 e. The van der Waals surface area contributed by atoms with E-state index >= 15 is 0 Å². The molecule has 0 aliphatic carbocycles. The fourth-order valence-corrected chi connectivity index (χ4v) is 2.27. The van der Waals surface area contributed by atoms with Gasteiger partial charge >= 0.3 is 0 Å². The molecule has 3 nitrogen and oxygen atoms in total. The van der Waals surface area contributed by atoms with Gasteiger partial charge in [0.1, 0.15) is 0 Å². The van der Waals surface area contributed by atoms with Crippen molar-refractivity contribution in [2.24, 2.45) is 0 Å². The summed E-state index contributed by atoms with van der Waals surface area (Å²) in [5.74, 6) is 0.716. The molecule has 2 rings (SSSR count). The van der Waals surface area contributed by atoms with Crippen molar-refractivity contribution in [3.8, 4) is 0 Å². The molecule has 0 spiro atoms. The SMILES string of the molecule is Nc1ccc(Cl)c(CSc2ncccn2)c1. The Labute approximate surface area is 103 Å². The molecule has 0 radical (unpaired) electrons. The van der Waals surface area contributed by atoms with E-state index in [0.717, 1.165) is 15.7 Å².